The molecule has 2 rings (SSSR count). The van der Waals surface area contributed by atoms with E-state index in [9.17, 15) is 20.0 Å². The minimum absolute atomic E-state index is 0.0646. The van der Waals surface area contributed by atoms with E-state index in [1.165, 1.54) is 6.07 Å². The number of benzene rings is 1. The van der Waals surface area contributed by atoms with Crippen LogP contribution in [0.1, 0.15) is 25.3 Å². The summed E-state index contributed by atoms with van der Waals surface area (Å²) in [4.78, 5) is 23.5. The summed E-state index contributed by atoms with van der Waals surface area (Å²) in [7, 11) is 0. The molecule has 1 fully saturated rings. The molecule has 0 radical (unpaired) electrons. The molecule has 1 N–H and O–H groups in total. The Balaban J connectivity index is 2.12. The number of carbonyl (C=O) groups is 1. The second kappa shape index (κ2) is 6.41. The van der Waals surface area contributed by atoms with E-state index in [0.717, 1.165) is 18.5 Å². The molecule has 0 aliphatic carbocycles. The fourth-order valence-electron chi connectivity index (χ4n) is 2.80. The van der Waals surface area contributed by atoms with E-state index in [1.54, 1.807) is 12.1 Å². The molecule has 6 nitrogen and oxygen atoms in total. The number of piperidine rings is 1. The maximum atomic E-state index is 11.2. The number of nitro groups is 1. The van der Waals surface area contributed by atoms with E-state index >= 15 is 0 Å². The lowest BCUT2D eigenvalue weighted by molar-refractivity contribution is -0.384. The van der Waals surface area contributed by atoms with Crippen LogP contribution < -0.4 is 0 Å². The van der Waals surface area contributed by atoms with Gasteiger partial charge in [-0.25, -0.2) is 0 Å². The highest BCUT2D eigenvalue weighted by Crippen LogP contribution is 2.28. The Hall–Kier alpha value is -1.66. The summed E-state index contributed by atoms with van der Waals surface area (Å²) in [6, 6.07) is 4.57. The minimum atomic E-state index is -0.770. The summed E-state index contributed by atoms with van der Waals surface area (Å²) in [5.41, 5.74) is 0.735. The molecule has 2 atom stereocenters. The molecule has 0 bridgehead atoms. The highest BCUT2D eigenvalue weighted by Gasteiger charge is 2.32. The highest BCUT2D eigenvalue weighted by molar-refractivity contribution is 6.32. The number of halogens is 1. The van der Waals surface area contributed by atoms with E-state index in [1.807, 2.05) is 6.92 Å². The number of likely N-dealkylation sites (tertiary alicyclic amines) is 1. The average Bonchev–Trinajstić information content (AvgIpc) is 2.40. The van der Waals surface area contributed by atoms with Crippen molar-refractivity contribution in [3.8, 4) is 0 Å². The number of hydrogen-bond acceptors (Lipinski definition) is 4. The Morgan fingerprint density at radius 1 is 1.57 bits per heavy atom. The fourth-order valence-corrected chi connectivity index (χ4v) is 3.07. The molecular formula is C14H17ClN2O4. The quantitative estimate of drug-likeness (QED) is 0.682. The molecule has 1 aromatic rings. The predicted molar refractivity (Wildman–Crippen MR) is 78.3 cm³/mol. The first-order valence-electron chi connectivity index (χ1n) is 6.80. The van der Waals surface area contributed by atoms with Gasteiger partial charge in [0.25, 0.3) is 5.69 Å². The van der Waals surface area contributed by atoms with Crippen LogP contribution in [-0.4, -0.2) is 33.5 Å². The third kappa shape index (κ3) is 3.51. The largest absolute Gasteiger partial charge is 0.481 e. The van der Waals surface area contributed by atoms with Crippen molar-refractivity contribution in [2.75, 3.05) is 6.54 Å². The van der Waals surface area contributed by atoms with Crippen molar-refractivity contribution < 1.29 is 14.8 Å². The van der Waals surface area contributed by atoms with E-state index in [4.69, 9.17) is 11.6 Å². The van der Waals surface area contributed by atoms with E-state index in [-0.39, 0.29) is 22.7 Å². The van der Waals surface area contributed by atoms with Gasteiger partial charge in [0, 0.05) is 18.7 Å². The number of rotatable bonds is 4. The summed E-state index contributed by atoms with van der Waals surface area (Å²) in [5, 5.41) is 20.1. The molecule has 1 heterocycles. The molecule has 21 heavy (non-hydrogen) atoms. The van der Waals surface area contributed by atoms with Crippen LogP contribution in [-0.2, 0) is 11.3 Å². The summed E-state index contributed by atoms with van der Waals surface area (Å²) in [6.45, 7) is 3.27. The monoisotopic (exact) mass is 312 g/mol. The number of carboxylic acid groups (broad SMARTS) is 1. The van der Waals surface area contributed by atoms with Crippen molar-refractivity contribution in [3.05, 3.63) is 38.9 Å². The van der Waals surface area contributed by atoms with Crippen LogP contribution in [0.25, 0.3) is 0 Å². The Morgan fingerprint density at radius 3 is 2.86 bits per heavy atom. The maximum Gasteiger partial charge on any atom is 0.308 e. The predicted octanol–water partition coefficient (Wildman–Crippen LogP) is 2.93. The van der Waals surface area contributed by atoms with Crippen molar-refractivity contribution in [3.63, 3.8) is 0 Å². The second-order valence-electron chi connectivity index (χ2n) is 5.34. The van der Waals surface area contributed by atoms with Crippen LogP contribution in [0.3, 0.4) is 0 Å². The van der Waals surface area contributed by atoms with Gasteiger partial charge in [-0.3, -0.25) is 19.8 Å². The molecule has 1 aliphatic rings. The van der Waals surface area contributed by atoms with E-state index in [0.29, 0.717) is 13.0 Å². The number of hydrogen-bond donors (Lipinski definition) is 1. The molecule has 114 valence electrons. The summed E-state index contributed by atoms with van der Waals surface area (Å²) in [5.74, 6) is -1.14. The maximum absolute atomic E-state index is 11.2. The van der Waals surface area contributed by atoms with Crippen molar-refractivity contribution in [2.24, 2.45) is 5.92 Å². The molecule has 0 amide bonds. The molecule has 0 aromatic heterocycles. The zero-order valence-electron chi connectivity index (χ0n) is 11.7. The standard InChI is InChI=1S/C14H17ClN2O4/c1-9-11(14(18)19)3-2-6-16(9)8-10-4-5-13(17(20)21)12(15)7-10/h4-5,7,9,11H,2-3,6,8H2,1H3,(H,18,19)/t9-,11-/m1/s1. The van der Waals surface area contributed by atoms with Gasteiger partial charge in [0.1, 0.15) is 5.02 Å². The number of carboxylic acids is 1. The van der Waals surface area contributed by atoms with Gasteiger partial charge in [0.2, 0.25) is 0 Å². The van der Waals surface area contributed by atoms with Gasteiger partial charge < -0.3 is 5.11 Å². The molecule has 0 unspecified atom stereocenters. The highest BCUT2D eigenvalue weighted by atomic mass is 35.5. The van der Waals surface area contributed by atoms with Crippen LogP contribution in [0.15, 0.2) is 18.2 Å². The van der Waals surface area contributed by atoms with Gasteiger partial charge in [0.05, 0.1) is 10.8 Å². The number of nitro benzene ring substituents is 1. The van der Waals surface area contributed by atoms with Gasteiger partial charge in [-0.1, -0.05) is 17.7 Å². The fraction of sp³-hybridized carbons (Fsp3) is 0.500. The molecule has 1 saturated heterocycles. The van der Waals surface area contributed by atoms with Crippen LogP contribution in [0.2, 0.25) is 5.02 Å². The van der Waals surface area contributed by atoms with Gasteiger partial charge in [-0.15, -0.1) is 0 Å². The van der Waals surface area contributed by atoms with Crippen LogP contribution in [0.4, 0.5) is 5.69 Å². The number of aliphatic carboxylic acids is 1. The SMILES string of the molecule is C[C@@H]1[C@H](C(=O)O)CCCN1Cc1ccc([N+](=O)[O-])c(Cl)c1. The van der Waals surface area contributed by atoms with Gasteiger partial charge in [-0.2, -0.15) is 0 Å². The average molecular weight is 313 g/mol. The van der Waals surface area contributed by atoms with E-state index in [2.05, 4.69) is 4.90 Å². The van der Waals surface area contributed by atoms with Gasteiger partial charge in [0.15, 0.2) is 0 Å². The summed E-state index contributed by atoms with van der Waals surface area (Å²) >= 11 is 5.90. The van der Waals surface area contributed by atoms with Gasteiger partial charge in [-0.05, 0) is 37.9 Å². The van der Waals surface area contributed by atoms with Gasteiger partial charge >= 0.3 is 5.97 Å². The first-order valence-corrected chi connectivity index (χ1v) is 7.17. The van der Waals surface area contributed by atoms with Crippen molar-refractivity contribution in [2.45, 2.75) is 32.4 Å². The number of nitrogens with zero attached hydrogens (tertiary/aromatic N) is 2. The zero-order chi connectivity index (χ0) is 15.6. The smallest absolute Gasteiger partial charge is 0.308 e. The summed E-state index contributed by atoms with van der Waals surface area (Å²) < 4.78 is 0. The normalized spacial score (nSPS) is 23.0. The lowest BCUT2D eigenvalue weighted by Gasteiger charge is -2.37. The van der Waals surface area contributed by atoms with Crippen molar-refractivity contribution >= 4 is 23.3 Å². The minimum Gasteiger partial charge on any atom is -0.481 e. The third-order valence-electron chi connectivity index (χ3n) is 4.03. The van der Waals surface area contributed by atoms with Crippen molar-refractivity contribution in [1.29, 1.82) is 0 Å². The summed E-state index contributed by atoms with van der Waals surface area (Å²) in [6.07, 6.45) is 1.52. The molecular weight excluding hydrogens is 296 g/mol. The lowest BCUT2D eigenvalue weighted by atomic mass is 9.90. The van der Waals surface area contributed by atoms with Crippen LogP contribution in [0, 0.1) is 16.0 Å². The Morgan fingerprint density at radius 2 is 2.29 bits per heavy atom. The molecule has 7 heteroatoms. The molecule has 0 saturated carbocycles. The van der Waals surface area contributed by atoms with Crippen LogP contribution in [0.5, 0.6) is 0 Å². The molecule has 1 aromatic carbocycles. The van der Waals surface area contributed by atoms with Crippen molar-refractivity contribution in [1.82, 2.24) is 4.90 Å². The first-order chi connectivity index (χ1) is 9.90. The Labute approximate surface area is 127 Å². The zero-order valence-corrected chi connectivity index (χ0v) is 12.4. The third-order valence-corrected chi connectivity index (χ3v) is 4.33. The second-order valence-corrected chi connectivity index (χ2v) is 5.75. The lowest BCUT2D eigenvalue weighted by Crippen LogP contribution is -2.45. The topological polar surface area (TPSA) is 83.7 Å². The van der Waals surface area contributed by atoms with Crippen LogP contribution >= 0.6 is 11.6 Å². The molecule has 1 aliphatic heterocycles. The van der Waals surface area contributed by atoms with E-state index < -0.39 is 10.9 Å². The first kappa shape index (κ1) is 15.7. The Kier molecular flexibility index (Phi) is 4.80. The Bertz CT molecular complexity index is 564. The molecule has 0 spiro atoms.